The monoisotopic (exact) mass is 418 g/mol. The quantitative estimate of drug-likeness (QED) is 0.332. The molecule has 0 aromatic heterocycles. The molecule has 0 radical (unpaired) electrons. The van der Waals surface area contributed by atoms with Gasteiger partial charge in [-0.05, 0) is 61.6 Å². The first-order chi connectivity index (χ1) is 13.8. The van der Waals surface area contributed by atoms with Crippen molar-refractivity contribution < 1.29 is 4.74 Å². The summed E-state index contributed by atoms with van der Waals surface area (Å²) in [5, 5.41) is 3.98. The Kier molecular flexibility index (Phi) is 8.07. The van der Waals surface area contributed by atoms with E-state index in [9.17, 15) is 0 Å². The van der Waals surface area contributed by atoms with Gasteiger partial charge in [-0.25, -0.2) is 0 Å². The Hall–Kier alpha value is -1.03. The summed E-state index contributed by atoms with van der Waals surface area (Å²) < 4.78 is 5.87. The summed E-state index contributed by atoms with van der Waals surface area (Å²) >= 11 is 6.31. The predicted molar refractivity (Wildman–Crippen MR) is 124 cm³/mol. The molecule has 1 N–H and O–H groups in total. The number of nitrogens with one attached hydrogen (secondary N) is 1. The highest BCUT2D eigenvalue weighted by Gasteiger charge is 2.38. The van der Waals surface area contributed by atoms with Crippen molar-refractivity contribution in [1.29, 1.82) is 0 Å². The first-order valence-corrected chi connectivity index (χ1v) is 11.8. The molecule has 4 heteroatoms. The first kappa shape index (κ1) is 22.7. The van der Waals surface area contributed by atoms with Crippen LogP contribution in [0.5, 0.6) is 5.75 Å². The number of hydrogen-bond donors (Lipinski definition) is 1. The zero-order chi connectivity index (χ0) is 20.9. The molecule has 1 heterocycles. The number of benzene rings is 1. The highest BCUT2D eigenvalue weighted by atomic mass is 35.5. The van der Waals surface area contributed by atoms with E-state index in [-0.39, 0.29) is 0 Å². The Bertz CT molecular complexity index is 658. The van der Waals surface area contributed by atoms with Crippen molar-refractivity contribution in [3.05, 3.63) is 42.0 Å². The Labute approximate surface area is 182 Å². The number of alkyl halides is 1. The lowest BCUT2D eigenvalue weighted by Crippen LogP contribution is -2.52. The van der Waals surface area contributed by atoms with Gasteiger partial charge in [0.05, 0.1) is 0 Å². The van der Waals surface area contributed by atoms with Crippen LogP contribution in [0.4, 0.5) is 0 Å². The summed E-state index contributed by atoms with van der Waals surface area (Å²) in [4.78, 5) is 2.66. The number of likely N-dealkylation sites (tertiary alicyclic amines) is 1. The van der Waals surface area contributed by atoms with Crippen LogP contribution < -0.4 is 10.1 Å². The number of halogens is 1. The van der Waals surface area contributed by atoms with E-state index in [0.717, 1.165) is 31.7 Å². The molecule has 0 saturated carbocycles. The summed E-state index contributed by atoms with van der Waals surface area (Å²) in [5.41, 5.74) is 1.98. The van der Waals surface area contributed by atoms with Crippen molar-refractivity contribution in [1.82, 2.24) is 10.2 Å². The predicted octanol–water partition coefficient (Wildman–Crippen LogP) is 5.70. The van der Waals surface area contributed by atoms with E-state index in [2.05, 4.69) is 44.0 Å². The SMILES string of the molecule is CC(C)[C@H](CN1CC[C@H](C2=CCC(Cl)CC2)C(C)(C)C1)NCOc1ccccc1. The Morgan fingerprint density at radius 3 is 2.59 bits per heavy atom. The third-order valence-corrected chi connectivity index (χ3v) is 7.12. The fourth-order valence-electron chi connectivity index (χ4n) is 4.99. The van der Waals surface area contributed by atoms with Crippen molar-refractivity contribution in [2.24, 2.45) is 17.3 Å². The van der Waals surface area contributed by atoms with Crippen LogP contribution >= 0.6 is 11.6 Å². The second-order valence-corrected chi connectivity index (χ2v) is 10.5. The molecule has 3 rings (SSSR count). The van der Waals surface area contributed by atoms with Crippen LogP contribution in [0.1, 0.15) is 53.4 Å². The van der Waals surface area contributed by atoms with E-state index in [4.69, 9.17) is 16.3 Å². The van der Waals surface area contributed by atoms with Gasteiger partial charge in [0.2, 0.25) is 0 Å². The number of hydrogen-bond acceptors (Lipinski definition) is 3. The largest absolute Gasteiger partial charge is 0.478 e. The van der Waals surface area contributed by atoms with Crippen LogP contribution in [0.2, 0.25) is 0 Å². The van der Waals surface area contributed by atoms with Crippen molar-refractivity contribution in [3.63, 3.8) is 0 Å². The molecule has 1 aliphatic heterocycles. The van der Waals surface area contributed by atoms with Gasteiger partial charge in [0.1, 0.15) is 12.5 Å². The Morgan fingerprint density at radius 1 is 1.21 bits per heavy atom. The zero-order valence-electron chi connectivity index (χ0n) is 18.7. The molecular formula is C25H39ClN2O. The van der Waals surface area contributed by atoms with Crippen LogP contribution in [0, 0.1) is 17.3 Å². The van der Waals surface area contributed by atoms with Gasteiger partial charge in [0, 0.05) is 24.5 Å². The molecular weight excluding hydrogens is 380 g/mol. The number of piperidine rings is 1. The van der Waals surface area contributed by atoms with Gasteiger partial charge in [-0.1, -0.05) is 57.5 Å². The summed E-state index contributed by atoms with van der Waals surface area (Å²) in [6.45, 7) is 13.5. The molecule has 1 aromatic rings. The van der Waals surface area contributed by atoms with Crippen LogP contribution in [0.25, 0.3) is 0 Å². The maximum absolute atomic E-state index is 6.31. The molecule has 0 spiro atoms. The van der Waals surface area contributed by atoms with Gasteiger partial charge < -0.3 is 9.64 Å². The summed E-state index contributed by atoms with van der Waals surface area (Å²) in [7, 11) is 0. The highest BCUT2D eigenvalue weighted by molar-refractivity contribution is 6.20. The highest BCUT2D eigenvalue weighted by Crippen LogP contribution is 2.43. The number of nitrogens with zero attached hydrogens (tertiary/aromatic N) is 1. The zero-order valence-corrected chi connectivity index (χ0v) is 19.4. The fourth-order valence-corrected chi connectivity index (χ4v) is 5.19. The van der Waals surface area contributed by atoms with Crippen molar-refractivity contribution in [3.8, 4) is 5.75 Å². The third-order valence-electron chi connectivity index (χ3n) is 6.73. The van der Waals surface area contributed by atoms with Gasteiger partial charge >= 0.3 is 0 Å². The topological polar surface area (TPSA) is 24.5 Å². The third kappa shape index (κ3) is 6.47. The molecule has 0 bridgehead atoms. The summed E-state index contributed by atoms with van der Waals surface area (Å²) in [5.74, 6) is 2.19. The van der Waals surface area contributed by atoms with E-state index < -0.39 is 0 Å². The summed E-state index contributed by atoms with van der Waals surface area (Å²) in [6, 6.07) is 10.5. The van der Waals surface area contributed by atoms with Crippen LogP contribution in [-0.2, 0) is 0 Å². The molecule has 1 saturated heterocycles. The molecule has 1 unspecified atom stereocenters. The molecule has 1 aromatic carbocycles. The molecule has 0 amide bonds. The van der Waals surface area contributed by atoms with Crippen molar-refractivity contribution in [2.75, 3.05) is 26.4 Å². The van der Waals surface area contributed by atoms with Crippen molar-refractivity contribution >= 4 is 11.6 Å². The van der Waals surface area contributed by atoms with Gasteiger partial charge in [-0.15, -0.1) is 11.6 Å². The smallest absolute Gasteiger partial charge is 0.139 e. The van der Waals surface area contributed by atoms with E-state index in [1.165, 1.54) is 19.4 Å². The number of allylic oxidation sites excluding steroid dienone is 2. The number of rotatable bonds is 8. The lowest BCUT2D eigenvalue weighted by atomic mass is 9.68. The first-order valence-electron chi connectivity index (χ1n) is 11.3. The molecule has 29 heavy (non-hydrogen) atoms. The summed E-state index contributed by atoms with van der Waals surface area (Å²) in [6.07, 6.45) is 7.09. The van der Waals surface area contributed by atoms with Crippen molar-refractivity contribution in [2.45, 2.75) is 64.8 Å². The van der Waals surface area contributed by atoms with Gasteiger partial charge in [0.15, 0.2) is 0 Å². The molecule has 3 nitrogen and oxygen atoms in total. The molecule has 162 valence electrons. The van der Waals surface area contributed by atoms with E-state index in [1.807, 2.05) is 30.3 Å². The second-order valence-electron chi connectivity index (χ2n) is 9.87. The van der Waals surface area contributed by atoms with Gasteiger partial charge in [-0.3, -0.25) is 5.32 Å². The van der Waals surface area contributed by atoms with Crippen LogP contribution in [-0.4, -0.2) is 42.7 Å². The average Bonchev–Trinajstić information content (AvgIpc) is 2.68. The minimum Gasteiger partial charge on any atom is -0.478 e. The molecule has 2 aliphatic rings. The Balaban J connectivity index is 1.52. The molecule has 3 atom stereocenters. The number of ether oxygens (including phenoxy) is 1. The van der Waals surface area contributed by atoms with E-state index >= 15 is 0 Å². The second kappa shape index (κ2) is 10.3. The standard InChI is InChI=1S/C25H39ClN2O/c1-19(2)24(27-18-29-22-8-6-5-7-9-22)16-28-15-14-23(25(3,4)17-28)20-10-12-21(26)13-11-20/h5-10,19,21,23-24,27H,11-18H2,1-4H3/t21?,23-,24+/m1/s1. The fraction of sp³-hybridized carbons (Fsp3) is 0.680. The van der Waals surface area contributed by atoms with Gasteiger partial charge in [0.25, 0.3) is 0 Å². The lowest BCUT2D eigenvalue weighted by molar-refractivity contribution is 0.0571. The maximum Gasteiger partial charge on any atom is 0.139 e. The average molecular weight is 419 g/mol. The maximum atomic E-state index is 6.31. The lowest BCUT2D eigenvalue weighted by Gasteiger charge is -2.47. The van der Waals surface area contributed by atoms with E-state index in [1.54, 1.807) is 5.57 Å². The molecule has 1 fully saturated rings. The number of para-hydroxylation sites is 1. The molecule has 1 aliphatic carbocycles. The van der Waals surface area contributed by atoms with Gasteiger partial charge in [-0.2, -0.15) is 0 Å². The van der Waals surface area contributed by atoms with E-state index in [0.29, 0.717) is 35.4 Å². The van der Waals surface area contributed by atoms with Crippen LogP contribution in [0.3, 0.4) is 0 Å². The minimum atomic E-state index is 0.311. The minimum absolute atomic E-state index is 0.311. The normalized spacial score (nSPS) is 26.2. The van der Waals surface area contributed by atoms with Crippen LogP contribution in [0.15, 0.2) is 42.0 Å². The Morgan fingerprint density at radius 2 is 1.97 bits per heavy atom.